The Labute approximate surface area is 194 Å². The van der Waals surface area contributed by atoms with Crippen LogP contribution in [0.5, 0.6) is 5.75 Å². The summed E-state index contributed by atoms with van der Waals surface area (Å²) in [7, 11) is 1.77. The zero-order chi connectivity index (χ0) is 23.4. The zero-order valence-electron chi connectivity index (χ0n) is 19.4. The summed E-state index contributed by atoms with van der Waals surface area (Å²) >= 11 is 0. The number of carbonyl (C=O) groups is 3. The molecule has 0 atom stereocenters. The molecule has 0 aliphatic carbocycles. The second-order valence-corrected chi connectivity index (χ2v) is 8.65. The molecule has 0 saturated carbocycles. The van der Waals surface area contributed by atoms with Gasteiger partial charge in [-0.05, 0) is 68.6 Å². The van der Waals surface area contributed by atoms with Crippen LogP contribution in [0.2, 0.25) is 0 Å². The van der Waals surface area contributed by atoms with E-state index in [9.17, 15) is 14.4 Å². The van der Waals surface area contributed by atoms with Gasteiger partial charge < -0.3 is 14.5 Å². The number of benzene rings is 2. The normalized spacial score (nSPS) is 15.2. The fourth-order valence-corrected chi connectivity index (χ4v) is 4.46. The third-order valence-electron chi connectivity index (χ3n) is 6.35. The minimum atomic E-state index is -0.178. The molecule has 174 valence electrons. The topological polar surface area (TPSA) is 70.2 Å². The number of amides is 3. The lowest BCUT2D eigenvalue weighted by molar-refractivity contribution is -0.121. The molecule has 2 aliphatic heterocycles. The third kappa shape index (κ3) is 4.93. The van der Waals surface area contributed by atoms with Crippen LogP contribution in [0.4, 0.5) is 5.69 Å². The quantitative estimate of drug-likeness (QED) is 0.411. The summed E-state index contributed by atoms with van der Waals surface area (Å²) in [4.78, 5) is 42.2. The Morgan fingerprint density at radius 3 is 2.36 bits per heavy atom. The maximum absolute atomic E-state index is 12.5. The van der Waals surface area contributed by atoms with Crippen molar-refractivity contribution < 1.29 is 19.1 Å². The van der Waals surface area contributed by atoms with E-state index in [2.05, 4.69) is 17.9 Å². The van der Waals surface area contributed by atoms with Crippen LogP contribution >= 0.6 is 0 Å². The molecule has 0 aromatic heterocycles. The molecule has 2 heterocycles. The Hall–Kier alpha value is -3.19. The minimum absolute atomic E-state index is 0.0365. The standard InChI is InChI=1S/C26H31N3O4/c1-3-13-28(16-12-19-10-11-22-23(17-19)33-18-24(30)27(22)2)14-6-7-15-29-25(31)20-8-4-5-9-21(20)26(29)32/h4-5,8-11,17H,3,6-7,12-16,18H2,1-2H3. The molecule has 0 unspecified atom stereocenters. The first-order chi connectivity index (χ1) is 16.0. The van der Waals surface area contributed by atoms with Gasteiger partial charge in [-0.1, -0.05) is 25.1 Å². The van der Waals surface area contributed by atoms with E-state index in [1.165, 1.54) is 10.5 Å². The third-order valence-corrected chi connectivity index (χ3v) is 6.35. The molecule has 0 bridgehead atoms. The molecule has 0 saturated heterocycles. The van der Waals surface area contributed by atoms with Gasteiger partial charge in [0.05, 0.1) is 16.8 Å². The molecule has 2 aliphatic rings. The highest BCUT2D eigenvalue weighted by Crippen LogP contribution is 2.32. The molecule has 0 fully saturated rings. The van der Waals surface area contributed by atoms with Gasteiger partial charge in [0.25, 0.3) is 17.7 Å². The predicted molar refractivity (Wildman–Crippen MR) is 127 cm³/mol. The van der Waals surface area contributed by atoms with Crippen LogP contribution in [-0.2, 0) is 11.2 Å². The SMILES string of the molecule is CCCN(CCCCN1C(=O)c2ccccc2C1=O)CCc1ccc2c(c1)OCC(=O)N2C. The average molecular weight is 450 g/mol. The van der Waals surface area contributed by atoms with Crippen molar-refractivity contribution in [3.8, 4) is 5.75 Å². The highest BCUT2D eigenvalue weighted by Gasteiger charge is 2.34. The Balaban J connectivity index is 1.26. The number of rotatable bonds is 10. The molecule has 7 heteroatoms. The first-order valence-corrected chi connectivity index (χ1v) is 11.7. The van der Waals surface area contributed by atoms with Crippen molar-refractivity contribution in [1.82, 2.24) is 9.80 Å². The Morgan fingerprint density at radius 2 is 1.67 bits per heavy atom. The maximum Gasteiger partial charge on any atom is 0.264 e. The van der Waals surface area contributed by atoms with E-state index in [1.807, 2.05) is 12.1 Å². The number of unbranched alkanes of at least 4 members (excludes halogenated alkanes) is 1. The number of likely N-dealkylation sites (N-methyl/N-ethyl adjacent to an activating group) is 1. The highest BCUT2D eigenvalue weighted by molar-refractivity contribution is 6.21. The largest absolute Gasteiger partial charge is 0.482 e. The maximum atomic E-state index is 12.5. The summed E-state index contributed by atoms with van der Waals surface area (Å²) in [6.45, 7) is 5.57. The molecular formula is C26H31N3O4. The van der Waals surface area contributed by atoms with E-state index < -0.39 is 0 Å². The van der Waals surface area contributed by atoms with Gasteiger partial charge in [0.15, 0.2) is 6.61 Å². The molecule has 3 amide bonds. The van der Waals surface area contributed by atoms with Crippen LogP contribution in [0, 0.1) is 0 Å². The predicted octanol–water partition coefficient (Wildman–Crippen LogP) is 3.37. The van der Waals surface area contributed by atoms with Crippen molar-refractivity contribution in [2.75, 3.05) is 44.7 Å². The summed E-state index contributed by atoms with van der Waals surface area (Å²) in [5, 5.41) is 0. The van der Waals surface area contributed by atoms with Gasteiger partial charge >= 0.3 is 0 Å². The molecule has 0 radical (unpaired) electrons. The number of fused-ring (bicyclic) bond motifs is 2. The van der Waals surface area contributed by atoms with Gasteiger partial charge in [0.1, 0.15) is 5.75 Å². The fraction of sp³-hybridized carbons (Fsp3) is 0.423. The first-order valence-electron chi connectivity index (χ1n) is 11.7. The molecule has 2 aromatic carbocycles. The van der Waals surface area contributed by atoms with E-state index in [0.29, 0.717) is 17.7 Å². The Kier molecular flexibility index (Phi) is 7.08. The van der Waals surface area contributed by atoms with Crippen molar-refractivity contribution in [2.45, 2.75) is 32.6 Å². The summed E-state index contributed by atoms with van der Waals surface area (Å²) in [6.07, 6.45) is 3.68. The van der Waals surface area contributed by atoms with E-state index in [1.54, 1.807) is 36.2 Å². The second kappa shape index (κ2) is 10.2. The van der Waals surface area contributed by atoms with Crippen molar-refractivity contribution in [1.29, 1.82) is 0 Å². The molecule has 0 N–H and O–H groups in total. The van der Waals surface area contributed by atoms with Crippen LogP contribution in [0.15, 0.2) is 42.5 Å². The first kappa shape index (κ1) is 23.0. The number of hydrogen-bond donors (Lipinski definition) is 0. The smallest absolute Gasteiger partial charge is 0.264 e. The summed E-state index contributed by atoms with van der Waals surface area (Å²) in [5.41, 5.74) is 3.02. The molecule has 7 nitrogen and oxygen atoms in total. The van der Waals surface area contributed by atoms with Crippen LogP contribution in [0.3, 0.4) is 0 Å². The lowest BCUT2D eigenvalue weighted by Crippen LogP contribution is -2.35. The number of nitrogens with zero attached hydrogens (tertiary/aromatic N) is 3. The van der Waals surface area contributed by atoms with Crippen LogP contribution < -0.4 is 9.64 Å². The summed E-state index contributed by atoms with van der Waals surface area (Å²) in [5.74, 6) is 0.370. The van der Waals surface area contributed by atoms with Crippen molar-refractivity contribution in [2.24, 2.45) is 0 Å². The Bertz CT molecular complexity index is 1020. The van der Waals surface area contributed by atoms with Crippen LogP contribution in [-0.4, -0.2) is 67.4 Å². The summed E-state index contributed by atoms with van der Waals surface area (Å²) in [6, 6.07) is 13.1. The Morgan fingerprint density at radius 1 is 0.939 bits per heavy atom. The van der Waals surface area contributed by atoms with E-state index >= 15 is 0 Å². The van der Waals surface area contributed by atoms with Gasteiger partial charge in [0, 0.05) is 20.1 Å². The minimum Gasteiger partial charge on any atom is -0.482 e. The van der Waals surface area contributed by atoms with E-state index in [4.69, 9.17) is 4.74 Å². The molecular weight excluding hydrogens is 418 g/mol. The fourth-order valence-electron chi connectivity index (χ4n) is 4.46. The molecule has 2 aromatic rings. The van der Waals surface area contributed by atoms with Crippen molar-refractivity contribution >= 4 is 23.4 Å². The van der Waals surface area contributed by atoms with Gasteiger partial charge in [-0.25, -0.2) is 0 Å². The zero-order valence-corrected chi connectivity index (χ0v) is 19.4. The van der Waals surface area contributed by atoms with Gasteiger partial charge in [-0.3, -0.25) is 19.3 Å². The summed E-state index contributed by atoms with van der Waals surface area (Å²) < 4.78 is 5.61. The van der Waals surface area contributed by atoms with Gasteiger partial charge in [-0.15, -0.1) is 0 Å². The van der Waals surface area contributed by atoms with Gasteiger partial charge in [-0.2, -0.15) is 0 Å². The number of anilines is 1. The number of carbonyl (C=O) groups excluding carboxylic acids is 3. The highest BCUT2D eigenvalue weighted by atomic mass is 16.5. The monoisotopic (exact) mass is 449 g/mol. The van der Waals surface area contributed by atoms with Crippen LogP contribution in [0.25, 0.3) is 0 Å². The number of imide groups is 1. The number of hydrogen-bond acceptors (Lipinski definition) is 5. The lowest BCUT2D eigenvalue weighted by Gasteiger charge is -2.27. The van der Waals surface area contributed by atoms with Gasteiger partial charge in [0.2, 0.25) is 0 Å². The second-order valence-electron chi connectivity index (χ2n) is 8.65. The van der Waals surface area contributed by atoms with Crippen molar-refractivity contribution in [3.05, 3.63) is 59.2 Å². The van der Waals surface area contributed by atoms with Crippen LogP contribution in [0.1, 0.15) is 52.5 Å². The van der Waals surface area contributed by atoms with E-state index in [0.717, 1.165) is 56.8 Å². The van der Waals surface area contributed by atoms with E-state index in [-0.39, 0.29) is 24.3 Å². The molecule has 0 spiro atoms. The molecule has 33 heavy (non-hydrogen) atoms. The average Bonchev–Trinajstić information content (AvgIpc) is 3.07. The lowest BCUT2D eigenvalue weighted by atomic mass is 10.1. The van der Waals surface area contributed by atoms with Crippen molar-refractivity contribution in [3.63, 3.8) is 0 Å². The number of ether oxygens (including phenoxy) is 1. The molecule has 4 rings (SSSR count).